The molecule has 0 atom stereocenters. The summed E-state index contributed by atoms with van der Waals surface area (Å²) in [6, 6.07) is 9.81. The molecule has 0 heterocycles. The van der Waals surface area contributed by atoms with Crippen molar-refractivity contribution < 1.29 is 19.1 Å². The van der Waals surface area contributed by atoms with Crippen molar-refractivity contribution in [2.75, 3.05) is 12.5 Å². The van der Waals surface area contributed by atoms with Gasteiger partial charge in [-0.15, -0.1) is 11.6 Å². The van der Waals surface area contributed by atoms with E-state index >= 15 is 0 Å². The zero-order valence-electron chi connectivity index (χ0n) is 12.6. The van der Waals surface area contributed by atoms with Gasteiger partial charge in [-0.25, -0.2) is 4.79 Å². The molecule has 22 heavy (non-hydrogen) atoms. The normalized spacial score (nSPS) is 16.2. The van der Waals surface area contributed by atoms with Gasteiger partial charge in [0.2, 0.25) is 5.60 Å². The first-order chi connectivity index (χ1) is 10.7. The molecule has 1 saturated carbocycles. The summed E-state index contributed by atoms with van der Waals surface area (Å²) >= 11 is 5.54. The lowest BCUT2D eigenvalue weighted by Gasteiger charge is -2.26. The van der Waals surface area contributed by atoms with E-state index in [-0.39, 0.29) is 18.9 Å². The minimum Gasteiger partial charge on any atom is -0.462 e. The molecule has 1 aromatic rings. The van der Waals surface area contributed by atoms with Crippen molar-refractivity contribution in [2.45, 2.75) is 44.1 Å². The van der Waals surface area contributed by atoms with Gasteiger partial charge in [-0.3, -0.25) is 4.79 Å². The molecule has 0 radical (unpaired) electrons. The first kappa shape index (κ1) is 16.8. The lowest BCUT2D eigenvalue weighted by atomic mass is 10.0. The van der Waals surface area contributed by atoms with Crippen LogP contribution in [0.15, 0.2) is 30.3 Å². The topological polar surface area (TPSA) is 52.6 Å². The predicted octanol–water partition coefficient (Wildman–Crippen LogP) is 3.26. The number of rotatable bonds is 7. The summed E-state index contributed by atoms with van der Waals surface area (Å²) in [4.78, 5) is 24.1. The Morgan fingerprint density at radius 1 is 1.14 bits per heavy atom. The van der Waals surface area contributed by atoms with Crippen molar-refractivity contribution in [3.8, 4) is 0 Å². The van der Waals surface area contributed by atoms with E-state index < -0.39 is 17.5 Å². The second kappa shape index (κ2) is 8.18. The van der Waals surface area contributed by atoms with E-state index in [4.69, 9.17) is 21.1 Å². The van der Waals surface area contributed by atoms with Gasteiger partial charge >= 0.3 is 11.9 Å². The molecule has 0 unspecified atom stereocenters. The van der Waals surface area contributed by atoms with Gasteiger partial charge < -0.3 is 9.47 Å². The Labute approximate surface area is 135 Å². The fraction of sp³-hybridized carbons (Fsp3) is 0.529. The Hall–Kier alpha value is -1.55. The smallest absolute Gasteiger partial charge is 0.350 e. The standard InChI is InChI=1S/C17H21ClO4/c18-12-8-15(19)22-17(10-4-5-11-17)16(20)21-13-9-14-6-2-1-3-7-14/h1-3,6-7H,4-5,8-13H2. The third-order valence-corrected chi connectivity index (χ3v) is 4.05. The largest absolute Gasteiger partial charge is 0.462 e. The zero-order valence-corrected chi connectivity index (χ0v) is 13.3. The maximum Gasteiger partial charge on any atom is 0.350 e. The number of halogens is 1. The van der Waals surface area contributed by atoms with Crippen LogP contribution >= 0.6 is 11.6 Å². The lowest BCUT2D eigenvalue weighted by Crippen LogP contribution is -2.42. The molecule has 1 fully saturated rings. The molecule has 120 valence electrons. The summed E-state index contributed by atoms with van der Waals surface area (Å²) in [5, 5.41) is 0. The van der Waals surface area contributed by atoms with Crippen molar-refractivity contribution in [1.29, 1.82) is 0 Å². The van der Waals surface area contributed by atoms with Gasteiger partial charge in [0, 0.05) is 12.3 Å². The van der Waals surface area contributed by atoms with Gasteiger partial charge in [-0.2, -0.15) is 0 Å². The van der Waals surface area contributed by atoms with Gasteiger partial charge in [0.25, 0.3) is 0 Å². The third-order valence-electron chi connectivity index (χ3n) is 3.86. The Bertz CT molecular complexity index is 495. The summed E-state index contributed by atoms with van der Waals surface area (Å²) in [5.41, 5.74) is 0.00900. The highest BCUT2D eigenvalue weighted by molar-refractivity contribution is 6.18. The van der Waals surface area contributed by atoms with Gasteiger partial charge in [-0.05, 0) is 31.2 Å². The number of alkyl halides is 1. The van der Waals surface area contributed by atoms with E-state index in [1.807, 2.05) is 30.3 Å². The number of carbonyl (C=O) groups excluding carboxylic acids is 2. The molecule has 1 aliphatic rings. The number of carbonyl (C=O) groups is 2. The summed E-state index contributed by atoms with van der Waals surface area (Å²) in [5.74, 6) is -0.668. The molecule has 1 aromatic carbocycles. The monoisotopic (exact) mass is 324 g/mol. The maximum absolute atomic E-state index is 12.4. The Balaban J connectivity index is 1.88. The highest BCUT2D eigenvalue weighted by Gasteiger charge is 2.46. The molecule has 0 N–H and O–H groups in total. The molecular weight excluding hydrogens is 304 g/mol. The molecular formula is C17H21ClO4. The van der Waals surface area contributed by atoms with Crippen molar-refractivity contribution in [3.05, 3.63) is 35.9 Å². The van der Waals surface area contributed by atoms with Crippen LogP contribution < -0.4 is 0 Å². The molecule has 5 heteroatoms. The van der Waals surface area contributed by atoms with Gasteiger partial charge in [-0.1, -0.05) is 30.3 Å². The molecule has 0 aromatic heterocycles. The van der Waals surface area contributed by atoms with Gasteiger partial charge in [0.15, 0.2) is 0 Å². The molecule has 0 spiro atoms. The average molecular weight is 325 g/mol. The summed E-state index contributed by atoms with van der Waals surface area (Å²) in [6.45, 7) is 0.289. The fourth-order valence-electron chi connectivity index (χ4n) is 2.68. The summed E-state index contributed by atoms with van der Waals surface area (Å²) < 4.78 is 10.8. The van der Waals surface area contributed by atoms with E-state index in [1.165, 1.54) is 0 Å². The summed E-state index contributed by atoms with van der Waals surface area (Å²) in [6.07, 6.45) is 3.55. The second-order valence-electron chi connectivity index (χ2n) is 5.49. The van der Waals surface area contributed by atoms with E-state index in [2.05, 4.69) is 0 Å². The first-order valence-corrected chi connectivity index (χ1v) is 8.19. The van der Waals surface area contributed by atoms with Crippen LogP contribution in [-0.2, 0) is 25.5 Å². The number of esters is 2. The molecule has 4 nitrogen and oxygen atoms in total. The molecule has 1 aliphatic carbocycles. The Morgan fingerprint density at radius 3 is 2.45 bits per heavy atom. The van der Waals surface area contributed by atoms with Crippen molar-refractivity contribution in [3.63, 3.8) is 0 Å². The molecule has 0 aliphatic heterocycles. The molecule has 2 rings (SSSR count). The SMILES string of the molecule is O=C(CCCl)OC1(C(=O)OCCc2ccccc2)CCCC1. The minimum atomic E-state index is -1.10. The summed E-state index contributed by atoms with van der Waals surface area (Å²) in [7, 11) is 0. The fourth-order valence-corrected chi connectivity index (χ4v) is 2.83. The van der Waals surface area contributed by atoms with Gasteiger partial charge in [0.05, 0.1) is 13.0 Å². The van der Waals surface area contributed by atoms with Crippen LogP contribution in [0.5, 0.6) is 0 Å². The van der Waals surface area contributed by atoms with Gasteiger partial charge in [0.1, 0.15) is 0 Å². The number of hydrogen-bond acceptors (Lipinski definition) is 4. The van der Waals surface area contributed by atoms with Crippen LogP contribution in [0.25, 0.3) is 0 Å². The maximum atomic E-state index is 12.4. The molecule has 0 saturated heterocycles. The van der Waals surface area contributed by atoms with Crippen molar-refractivity contribution in [2.24, 2.45) is 0 Å². The van der Waals surface area contributed by atoms with E-state index in [1.54, 1.807) is 0 Å². The van der Waals surface area contributed by atoms with E-state index in [9.17, 15) is 9.59 Å². The van der Waals surface area contributed by atoms with Crippen LogP contribution in [0.4, 0.5) is 0 Å². The molecule has 0 bridgehead atoms. The highest BCUT2D eigenvalue weighted by atomic mass is 35.5. The highest BCUT2D eigenvalue weighted by Crippen LogP contribution is 2.35. The first-order valence-electron chi connectivity index (χ1n) is 7.65. The number of hydrogen-bond donors (Lipinski definition) is 0. The quantitative estimate of drug-likeness (QED) is 0.570. The van der Waals surface area contributed by atoms with E-state index in [0.29, 0.717) is 19.3 Å². The van der Waals surface area contributed by atoms with Crippen molar-refractivity contribution >= 4 is 23.5 Å². The van der Waals surface area contributed by atoms with Crippen LogP contribution in [-0.4, -0.2) is 30.0 Å². The predicted molar refractivity (Wildman–Crippen MR) is 83.7 cm³/mol. The Kier molecular flexibility index (Phi) is 6.25. The number of benzene rings is 1. The van der Waals surface area contributed by atoms with Crippen LogP contribution in [0.3, 0.4) is 0 Å². The average Bonchev–Trinajstić information content (AvgIpc) is 2.98. The van der Waals surface area contributed by atoms with Crippen LogP contribution in [0, 0.1) is 0 Å². The van der Waals surface area contributed by atoms with Crippen LogP contribution in [0.1, 0.15) is 37.7 Å². The van der Waals surface area contributed by atoms with Crippen LogP contribution in [0.2, 0.25) is 0 Å². The Morgan fingerprint density at radius 2 is 1.82 bits per heavy atom. The molecule has 0 amide bonds. The second-order valence-corrected chi connectivity index (χ2v) is 5.86. The zero-order chi connectivity index (χ0) is 15.8. The van der Waals surface area contributed by atoms with E-state index in [0.717, 1.165) is 18.4 Å². The third kappa shape index (κ3) is 4.47. The lowest BCUT2D eigenvalue weighted by molar-refractivity contribution is -0.182. The van der Waals surface area contributed by atoms with Crippen molar-refractivity contribution in [1.82, 2.24) is 0 Å². The number of ether oxygens (including phenoxy) is 2. The minimum absolute atomic E-state index is 0.112.